The van der Waals surface area contributed by atoms with E-state index in [0.29, 0.717) is 11.5 Å². The Bertz CT molecular complexity index is 387. The predicted molar refractivity (Wildman–Crippen MR) is 58.5 cm³/mol. The molecule has 4 nitrogen and oxygen atoms in total. The van der Waals surface area contributed by atoms with E-state index in [1.54, 1.807) is 0 Å². The molecular formula is C11H14F3NO3. The van der Waals surface area contributed by atoms with Crippen molar-refractivity contribution in [3.63, 3.8) is 0 Å². The molecule has 7 heteroatoms. The van der Waals surface area contributed by atoms with Gasteiger partial charge in [-0.05, 0) is 17.7 Å². The summed E-state index contributed by atoms with van der Waals surface area (Å²) in [5.41, 5.74) is 5.47. The molecule has 0 saturated heterocycles. The zero-order valence-electron chi connectivity index (χ0n) is 9.86. The Balaban J connectivity index is 3.08. The molecule has 0 aliphatic heterocycles. The van der Waals surface area contributed by atoms with Gasteiger partial charge < -0.3 is 20.3 Å². The molecule has 2 atom stereocenters. The van der Waals surface area contributed by atoms with E-state index in [1.807, 2.05) is 0 Å². The van der Waals surface area contributed by atoms with Crippen LogP contribution in [-0.2, 0) is 0 Å². The first-order valence-electron chi connectivity index (χ1n) is 5.03. The Kier molecular flexibility index (Phi) is 4.42. The fraction of sp³-hybridized carbons (Fsp3) is 0.455. The second kappa shape index (κ2) is 5.45. The van der Waals surface area contributed by atoms with Gasteiger partial charge in [0.2, 0.25) is 0 Å². The number of rotatable bonds is 4. The van der Waals surface area contributed by atoms with Crippen molar-refractivity contribution in [1.29, 1.82) is 0 Å². The van der Waals surface area contributed by atoms with Gasteiger partial charge in [-0.2, -0.15) is 13.2 Å². The van der Waals surface area contributed by atoms with Gasteiger partial charge in [0, 0.05) is 6.07 Å². The Morgan fingerprint density at radius 3 is 1.89 bits per heavy atom. The topological polar surface area (TPSA) is 64.7 Å². The van der Waals surface area contributed by atoms with Crippen LogP contribution in [0.25, 0.3) is 0 Å². The second-order valence-electron chi connectivity index (χ2n) is 3.66. The fourth-order valence-corrected chi connectivity index (χ4v) is 1.41. The van der Waals surface area contributed by atoms with E-state index < -0.39 is 18.3 Å². The van der Waals surface area contributed by atoms with Crippen molar-refractivity contribution in [2.45, 2.75) is 18.3 Å². The Morgan fingerprint density at radius 2 is 1.56 bits per heavy atom. The number of methoxy groups -OCH3 is 2. The zero-order valence-corrected chi connectivity index (χ0v) is 9.86. The van der Waals surface area contributed by atoms with E-state index in [4.69, 9.17) is 20.3 Å². The number of alkyl halides is 3. The lowest BCUT2D eigenvalue weighted by Crippen LogP contribution is -2.38. The van der Waals surface area contributed by atoms with E-state index in [9.17, 15) is 13.2 Å². The van der Waals surface area contributed by atoms with Gasteiger partial charge in [0.1, 0.15) is 11.5 Å². The Labute approximate surface area is 102 Å². The minimum atomic E-state index is -4.78. The maximum Gasteiger partial charge on any atom is 0.416 e. The normalized spacial score (nSPS) is 15.1. The minimum Gasteiger partial charge on any atom is -0.497 e. The third-order valence-corrected chi connectivity index (χ3v) is 2.43. The van der Waals surface area contributed by atoms with Crippen LogP contribution in [-0.4, -0.2) is 31.6 Å². The van der Waals surface area contributed by atoms with Crippen LogP contribution < -0.4 is 15.2 Å². The van der Waals surface area contributed by atoms with Gasteiger partial charge in [0.25, 0.3) is 0 Å². The monoisotopic (exact) mass is 265 g/mol. The van der Waals surface area contributed by atoms with Gasteiger partial charge >= 0.3 is 6.18 Å². The lowest BCUT2D eigenvalue weighted by molar-refractivity contribution is -0.210. The molecule has 102 valence electrons. The van der Waals surface area contributed by atoms with Crippen LogP contribution in [0.4, 0.5) is 13.2 Å². The molecule has 0 aromatic heterocycles. The van der Waals surface area contributed by atoms with Gasteiger partial charge in [-0.15, -0.1) is 0 Å². The highest BCUT2D eigenvalue weighted by atomic mass is 19.4. The molecule has 0 unspecified atom stereocenters. The van der Waals surface area contributed by atoms with Crippen LogP contribution >= 0.6 is 0 Å². The summed E-state index contributed by atoms with van der Waals surface area (Å²) in [6.45, 7) is 0. The average Bonchev–Trinajstić information content (AvgIpc) is 2.35. The number of halogens is 3. The molecule has 0 radical (unpaired) electrons. The van der Waals surface area contributed by atoms with Crippen molar-refractivity contribution in [3.8, 4) is 11.5 Å². The number of aliphatic hydroxyl groups excluding tert-OH is 1. The Hall–Kier alpha value is -1.47. The lowest BCUT2D eigenvalue weighted by atomic mass is 10.0. The summed E-state index contributed by atoms with van der Waals surface area (Å²) in [6.07, 6.45) is -7.43. The molecule has 3 N–H and O–H groups in total. The molecule has 18 heavy (non-hydrogen) atoms. The van der Waals surface area contributed by atoms with Crippen molar-refractivity contribution in [2.75, 3.05) is 14.2 Å². The molecule has 1 aromatic carbocycles. The summed E-state index contributed by atoms with van der Waals surface area (Å²) < 4.78 is 46.9. The van der Waals surface area contributed by atoms with Crippen molar-refractivity contribution in [3.05, 3.63) is 23.8 Å². The molecular weight excluding hydrogens is 251 g/mol. The lowest BCUT2D eigenvalue weighted by Gasteiger charge is -2.22. The highest BCUT2D eigenvalue weighted by Crippen LogP contribution is 2.32. The van der Waals surface area contributed by atoms with Crippen molar-refractivity contribution in [2.24, 2.45) is 5.73 Å². The first-order chi connectivity index (χ1) is 8.29. The fourth-order valence-electron chi connectivity index (χ4n) is 1.41. The minimum absolute atomic E-state index is 0.0797. The predicted octanol–water partition coefficient (Wildman–Crippen LogP) is 1.63. The zero-order chi connectivity index (χ0) is 13.9. The van der Waals surface area contributed by atoms with Crippen LogP contribution in [0.3, 0.4) is 0 Å². The van der Waals surface area contributed by atoms with Gasteiger partial charge in [-0.25, -0.2) is 0 Å². The van der Waals surface area contributed by atoms with Crippen molar-refractivity contribution < 1.29 is 27.8 Å². The van der Waals surface area contributed by atoms with Gasteiger partial charge in [-0.3, -0.25) is 0 Å². The van der Waals surface area contributed by atoms with E-state index >= 15 is 0 Å². The third kappa shape index (κ3) is 3.27. The van der Waals surface area contributed by atoms with Gasteiger partial charge in [0.05, 0.1) is 20.3 Å². The molecule has 0 bridgehead atoms. The maximum absolute atomic E-state index is 12.4. The number of benzene rings is 1. The number of aliphatic hydroxyl groups is 1. The van der Waals surface area contributed by atoms with E-state index in [1.165, 1.54) is 32.4 Å². The molecule has 0 spiro atoms. The summed E-state index contributed by atoms with van der Waals surface area (Å²) in [5.74, 6) is 0.600. The molecule has 0 fully saturated rings. The number of hydrogen-bond donors (Lipinski definition) is 2. The van der Waals surface area contributed by atoms with Gasteiger partial charge in [0.15, 0.2) is 6.10 Å². The molecule has 0 saturated carbocycles. The summed E-state index contributed by atoms with van der Waals surface area (Å²) in [7, 11) is 2.73. The van der Waals surface area contributed by atoms with Crippen LogP contribution in [0, 0.1) is 0 Å². The summed E-state index contributed by atoms with van der Waals surface area (Å²) in [6, 6.07) is 2.54. The maximum atomic E-state index is 12.4. The molecule has 0 amide bonds. The smallest absolute Gasteiger partial charge is 0.416 e. The van der Waals surface area contributed by atoms with E-state index in [2.05, 4.69) is 0 Å². The standard InChI is InChI=1S/C11H14F3NO3/c1-17-7-3-6(4-8(5-7)18-2)9(15)10(16)11(12,13)14/h3-5,9-10,16H,15H2,1-2H3/t9-,10-/m1/s1. The largest absolute Gasteiger partial charge is 0.497 e. The van der Waals surface area contributed by atoms with E-state index in [-0.39, 0.29) is 5.56 Å². The summed E-state index contributed by atoms with van der Waals surface area (Å²) >= 11 is 0. The van der Waals surface area contributed by atoms with Crippen molar-refractivity contribution in [1.82, 2.24) is 0 Å². The van der Waals surface area contributed by atoms with Crippen LogP contribution in [0.2, 0.25) is 0 Å². The van der Waals surface area contributed by atoms with E-state index in [0.717, 1.165) is 0 Å². The average molecular weight is 265 g/mol. The SMILES string of the molecule is COc1cc(OC)cc([C@@H](N)[C@@H](O)C(F)(F)F)c1. The highest BCUT2D eigenvalue weighted by molar-refractivity contribution is 5.40. The number of ether oxygens (including phenoxy) is 2. The number of nitrogens with two attached hydrogens (primary N) is 1. The molecule has 0 heterocycles. The first-order valence-corrected chi connectivity index (χ1v) is 5.03. The summed E-state index contributed by atoms with van der Waals surface area (Å²) in [4.78, 5) is 0. The molecule has 0 aliphatic rings. The Morgan fingerprint density at radius 1 is 1.11 bits per heavy atom. The first kappa shape index (κ1) is 14.6. The molecule has 1 rings (SSSR count). The second-order valence-corrected chi connectivity index (χ2v) is 3.66. The highest BCUT2D eigenvalue weighted by Gasteiger charge is 2.42. The summed E-state index contributed by atoms with van der Waals surface area (Å²) in [5, 5.41) is 9.10. The van der Waals surface area contributed by atoms with Crippen LogP contribution in [0.15, 0.2) is 18.2 Å². The van der Waals surface area contributed by atoms with Crippen LogP contribution in [0.5, 0.6) is 11.5 Å². The molecule has 1 aromatic rings. The third-order valence-electron chi connectivity index (χ3n) is 2.43. The number of hydrogen-bond acceptors (Lipinski definition) is 4. The quantitative estimate of drug-likeness (QED) is 0.868. The van der Waals surface area contributed by atoms with Gasteiger partial charge in [-0.1, -0.05) is 0 Å². The van der Waals surface area contributed by atoms with Crippen LogP contribution in [0.1, 0.15) is 11.6 Å². The van der Waals surface area contributed by atoms with Crippen molar-refractivity contribution >= 4 is 0 Å². The molecule has 0 aliphatic carbocycles.